The third kappa shape index (κ3) is 3.54. The van der Waals surface area contributed by atoms with Crippen LogP contribution in [0.25, 0.3) is 11.5 Å². The SMILES string of the molecule is O=S(=O)(Cc1ccccc1)N1CC[C@H](c2nnc(-c3ccccc3)o2)C1. The van der Waals surface area contributed by atoms with Gasteiger partial charge in [-0.3, -0.25) is 0 Å². The average Bonchev–Trinajstić information content (AvgIpc) is 3.33. The van der Waals surface area contributed by atoms with Crippen LogP contribution in [0.2, 0.25) is 0 Å². The summed E-state index contributed by atoms with van der Waals surface area (Å²) in [6, 6.07) is 18.8. The van der Waals surface area contributed by atoms with E-state index in [2.05, 4.69) is 10.2 Å². The fourth-order valence-corrected chi connectivity index (χ4v) is 4.74. The zero-order valence-corrected chi connectivity index (χ0v) is 15.0. The molecule has 1 aromatic heterocycles. The molecule has 1 aliphatic rings. The second kappa shape index (κ2) is 7.01. The molecule has 4 rings (SSSR count). The van der Waals surface area contributed by atoms with Crippen LogP contribution in [-0.4, -0.2) is 36.0 Å². The molecule has 0 amide bonds. The van der Waals surface area contributed by atoms with Crippen molar-refractivity contribution in [3.63, 3.8) is 0 Å². The molecule has 0 unspecified atom stereocenters. The van der Waals surface area contributed by atoms with Gasteiger partial charge in [-0.2, -0.15) is 0 Å². The van der Waals surface area contributed by atoms with Crippen LogP contribution in [0.1, 0.15) is 23.8 Å². The number of hydrogen-bond donors (Lipinski definition) is 0. The van der Waals surface area contributed by atoms with Crippen molar-refractivity contribution in [2.24, 2.45) is 0 Å². The number of hydrogen-bond acceptors (Lipinski definition) is 5. The normalized spacial score (nSPS) is 18.2. The van der Waals surface area contributed by atoms with Crippen molar-refractivity contribution in [3.05, 3.63) is 72.1 Å². The fraction of sp³-hybridized carbons (Fsp3) is 0.263. The van der Waals surface area contributed by atoms with Crippen molar-refractivity contribution in [3.8, 4) is 11.5 Å². The Hall–Kier alpha value is -2.51. The van der Waals surface area contributed by atoms with Gasteiger partial charge in [0.2, 0.25) is 21.8 Å². The lowest BCUT2D eigenvalue weighted by atomic mass is 10.1. The largest absolute Gasteiger partial charge is 0.420 e. The Morgan fingerprint density at radius 3 is 2.42 bits per heavy atom. The summed E-state index contributed by atoms with van der Waals surface area (Å²) in [5.41, 5.74) is 1.65. The van der Waals surface area contributed by atoms with Crippen LogP contribution in [0.15, 0.2) is 65.1 Å². The van der Waals surface area contributed by atoms with E-state index in [4.69, 9.17) is 4.42 Å². The van der Waals surface area contributed by atoms with Gasteiger partial charge in [-0.05, 0) is 24.1 Å². The van der Waals surface area contributed by atoms with Crippen molar-refractivity contribution >= 4 is 10.0 Å². The van der Waals surface area contributed by atoms with E-state index in [9.17, 15) is 8.42 Å². The number of sulfonamides is 1. The molecule has 0 bridgehead atoms. The summed E-state index contributed by atoms with van der Waals surface area (Å²) in [7, 11) is -3.36. The van der Waals surface area contributed by atoms with Gasteiger partial charge in [-0.1, -0.05) is 48.5 Å². The van der Waals surface area contributed by atoms with Gasteiger partial charge in [0.05, 0.1) is 11.7 Å². The van der Waals surface area contributed by atoms with Crippen LogP contribution in [-0.2, 0) is 15.8 Å². The van der Waals surface area contributed by atoms with Crippen LogP contribution < -0.4 is 0 Å². The highest BCUT2D eigenvalue weighted by atomic mass is 32.2. The molecule has 1 aliphatic heterocycles. The van der Waals surface area contributed by atoms with E-state index in [-0.39, 0.29) is 11.7 Å². The van der Waals surface area contributed by atoms with Crippen molar-refractivity contribution in [1.82, 2.24) is 14.5 Å². The lowest BCUT2D eigenvalue weighted by Gasteiger charge is -2.15. The maximum Gasteiger partial charge on any atom is 0.247 e. The summed E-state index contributed by atoms with van der Waals surface area (Å²) in [6.07, 6.45) is 0.685. The summed E-state index contributed by atoms with van der Waals surface area (Å²) in [6.45, 7) is 0.856. The van der Waals surface area contributed by atoms with Crippen molar-refractivity contribution in [2.45, 2.75) is 18.1 Å². The Balaban J connectivity index is 1.46. The highest BCUT2D eigenvalue weighted by molar-refractivity contribution is 7.88. The van der Waals surface area contributed by atoms with Gasteiger partial charge in [-0.15, -0.1) is 10.2 Å². The Morgan fingerprint density at radius 2 is 1.69 bits per heavy atom. The number of nitrogens with zero attached hydrogens (tertiary/aromatic N) is 3. The van der Waals surface area contributed by atoms with E-state index in [1.165, 1.54) is 4.31 Å². The number of benzene rings is 2. The average molecular weight is 369 g/mol. The molecular weight excluding hydrogens is 350 g/mol. The zero-order chi connectivity index (χ0) is 18.0. The molecular formula is C19H19N3O3S. The van der Waals surface area contributed by atoms with E-state index in [0.717, 1.165) is 11.1 Å². The third-order valence-electron chi connectivity index (χ3n) is 4.55. The zero-order valence-electron chi connectivity index (χ0n) is 14.2. The molecule has 1 atom stereocenters. The van der Waals surface area contributed by atoms with Gasteiger partial charge < -0.3 is 4.42 Å². The first-order chi connectivity index (χ1) is 12.6. The van der Waals surface area contributed by atoms with Gasteiger partial charge in [0.15, 0.2) is 0 Å². The van der Waals surface area contributed by atoms with Gasteiger partial charge in [0.1, 0.15) is 0 Å². The molecule has 0 saturated carbocycles. The standard InChI is InChI=1S/C19H19N3O3S/c23-26(24,14-15-7-3-1-4-8-15)22-12-11-17(13-22)19-21-20-18(25-19)16-9-5-2-6-10-16/h1-10,17H,11-14H2/t17-/m0/s1. The van der Waals surface area contributed by atoms with Gasteiger partial charge in [-0.25, -0.2) is 12.7 Å². The van der Waals surface area contributed by atoms with Crippen molar-refractivity contribution in [2.75, 3.05) is 13.1 Å². The summed E-state index contributed by atoms with van der Waals surface area (Å²) in [5.74, 6) is 0.914. The van der Waals surface area contributed by atoms with E-state index >= 15 is 0 Å². The van der Waals surface area contributed by atoms with Gasteiger partial charge in [0.25, 0.3) is 0 Å². The lowest BCUT2D eigenvalue weighted by Crippen LogP contribution is -2.29. The fourth-order valence-electron chi connectivity index (χ4n) is 3.16. The first-order valence-electron chi connectivity index (χ1n) is 8.52. The van der Waals surface area contributed by atoms with Gasteiger partial charge in [0, 0.05) is 18.7 Å². The predicted molar refractivity (Wildman–Crippen MR) is 97.7 cm³/mol. The van der Waals surface area contributed by atoms with E-state index in [1.54, 1.807) is 0 Å². The minimum atomic E-state index is -3.36. The second-order valence-electron chi connectivity index (χ2n) is 6.40. The molecule has 7 heteroatoms. The van der Waals surface area contributed by atoms with Crippen LogP contribution >= 0.6 is 0 Å². The smallest absolute Gasteiger partial charge is 0.247 e. The van der Waals surface area contributed by atoms with Crippen LogP contribution in [0.4, 0.5) is 0 Å². The Labute approximate surface area is 152 Å². The Kier molecular flexibility index (Phi) is 4.57. The van der Waals surface area contributed by atoms with E-state index < -0.39 is 10.0 Å². The molecule has 134 valence electrons. The third-order valence-corrected chi connectivity index (χ3v) is 6.36. The monoisotopic (exact) mass is 369 g/mol. The molecule has 26 heavy (non-hydrogen) atoms. The Morgan fingerprint density at radius 1 is 1.00 bits per heavy atom. The quantitative estimate of drug-likeness (QED) is 0.691. The molecule has 1 fully saturated rings. The highest BCUT2D eigenvalue weighted by Gasteiger charge is 2.34. The maximum atomic E-state index is 12.7. The molecule has 0 spiro atoms. The maximum absolute atomic E-state index is 12.7. The summed E-state index contributed by atoms with van der Waals surface area (Å²) >= 11 is 0. The van der Waals surface area contributed by atoms with E-state index in [1.807, 2.05) is 60.7 Å². The molecule has 1 saturated heterocycles. The molecule has 2 aromatic carbocycles. The number of aromatic nitrogens is 2. The van der Waals surface area contributed by atoms with Crippen LogP contribution in [0, 0.1) is 0 Å². The topological polar surface area (TPSA) is 76.3 Å². The first-order valence-corrected chi connectivity index (χ1v) is 10.1. The second-order valence-corrected chi connectivity index (χ2v) is 8.37. The van der Waals surface area contributed by atoms with Crippen molar-refractivity contribution in [1.29, 1.82) is 0 Å². The van der Waals surface area contributed by atoms with Crippen molar-refractivity contribution < 1.29 is 12.8 Å². The first kappa shape index (κ1) is 16.9. The van der Waals surface area contributed by atoms with Crippen LogP contribution in [0.5, 0.6) is 0 Å². The summed E-state index contributed by atoms with van der Waals surface area (Å²) in [5, 5.41) is 8.24. The predicted octanol–water partition coefficient (Wildman–Crippen LogP) is 3.06. The molecule has 0 N–H and O–H groups in total. The summed E-state index contributed by atoms with van der Waals surface area (Å²) in [4.78, 5) is 0. The minimum absolute atomic E-state index is 0.0136. The highest BCUT2D eigenvalue weighted by Crippen LogP contribution is 2.30. The molecule has 0 aliphatic carbocycles. The Bertz CT molecular complexity index is 972. The van der Waals surface area contributed by atoms with Gasteiger partial charge >= 0.3 is 0 Å². The number of rotatable bonds is 5. The molecule has 6 nitrogen and oxygen atoms in total. The lowest BCUT2D eigenvalue weighted by molar-refractivity contribution is 0.439. The molecule has 3 aromatic rings. The molecule has 0 radical (unpaired) electrons. The minimum Gasteiger partial charge on any atom is -0.420 e. The molecule has 2 heterocycles. The van der Waals surface area contributed by atoms with Crippen LogP contribution in [0.3, 0.4) is 0 Å². The van der Waals surface area contributed by atoms with E-state index in [0.29, 0.717) is 31.3 Å². The summed E-state index contributed by atoms with van der Waals surface area (Å²) < 4.78 is 32.6.